The first-order valence-electron chi connectivity index (χ1n) is 7.56. The Bertz CT molecular complexity index is 263. The van der Waals surface area contributed by atoms with Gasteiger partial charge in [0, 0.05) is 5.54 Å². The van der Waals surface area contributed by atoms with E-state index in [0.717, 1.165) is 36.5 Å². The molecule has 0 aromatic rings. The Kier molecular flexibility index (Phi) is 2.99. The summed E-state index contributed by atoms with van der Waals surface area (Å²) in [5.74, 6) is 4.27. The number of aliphatic hydroxyl groups is 1. The van der Waals surface area contributed by atoms with E-state index in [1.807, 2.05) is 0 Å². The third-order valence-electron chi connectivity index (χ3n) is 5.90. The zero-order valence-corrected chi connectivity index (χ0v) is 11.1. The molecular formula is C15H27NO. The lowest BCUT2D eigenvalue weighted by molar-refractivity contribution is -0.0824. The fourth-order valence-corrected chi connectivity index (χ4v) is 5.68. The summed E-state index contributed by atoms with van der Waals surface area (Å²) in [5.41, 5.74) is 6.30. The average Bonchev–Trinajstić information content (AvgIpc) is 2.27. The van der Waals surface area contributed by atoms with Crippen LogP contribution in [0.2, 0.25) is 0 Å². The molecule has 0 spiro atoms. The Morgan fingerprint density at radius 3 is 2.00 bits per heavy atom. The summed E-state index contributed by atoms with van der Waals surface area (Å²) in [6.07, 6.45) is 9.20. The number of aliphatic hydroxyl groups excluding tert-OH is 1. The van der Waals surface area contributed by atoms with Gasteiger partial charge in [0.25, 0.3) is 0 Å². The first kappa shape index (κ1) is 12.0. The molecule has 0 amide bonds. The Hall–Kier alpha value is -0.0800. The fraction of sp³-hybridized carbons (Fsp3) is 1.00. The SMILES string of the molecule is CCCC(N)(CO)C1C2CC3CC(C2)CC1C3. The predicted molar refractivity (Wildman–Crippen MR) is 69.4 cm³/mol. The van der Waals surface area contributed by atoms with Crippen LogP contribution in [0.4, 0.5) is 0 Å². The molecule has 0 radical (unpaired) electrons. The molecular weight excluding hydrogens is 210 g/mol. The van der Waals surface area contributed by atoms with Gasteiger partial charge in [-0.3, -0.25) is 0 Å². The molecule has 17 heavy (non-hydrogen) atoms. The van der Waals surface area contributed by atoms with E-state index >= 15 is 0 Å². The van der Waals surface area contributed by atoms with Gasteiger partial charge in [0.1, 0.15) is 0 Å². The van der Waals surface area contributed by atoms with E-state index in [0.29, 0.717) is 5.92 Å². The van der Waals surface area contributed by atoms with E-state index in [2.05, 4.69) is 6.92 Å². The molecule has 4 saturated carbocycles. The van der Waals surface area contributed by atoms with Gasteiger partial charge in [-0.2, -0.15) is 0 Å². The van der Waals surface area contributed by atoms with Crippen LogP contribution in [0.15, 0.2) is 0 Å². The summed E-state index contributed by atoms with van der Waals surface area (Å²) < 4.78 is 0. The zero-order chi connectivity index (χ0) is 12.0. The molecule has 0 saturated heterocycles. The molecule has 2 nitrogen and oxygen atoms in total. The maximum Gasteiger partial charge on any atom is 0.0614 e. The van der Waals surface area contributed by atoms with Crippen LogP contribution in [-0.4, -0.2) is 17.3 Å². The number of hydrogen-bond donors (Lipinski definition) is 2. The van der Waals surface area contributed by atoms with Gasteiger partial charge >= 0.3 is 0 Å². The first-order chi connectivity index (χ1) is 8.16. The number of rotatable bonds is 4. The first-order valence-corrected chi connectivity index (χ1v) is 7.56. The Morgan fingerprint density at radius 1 is 1.06 bits per heavy atom. The predicted octanol–water partition coefficient (Wildman–Crippen LogP) is 2.55. The van der Waals surface area contributed by atoms with Crippen molar-refractivity contribution in [1.82, 2.24) is 0 Å². The third-order valence-corrected chi connectivity index (χ3v) is 5.90. The van der Waals surface area contributed by atoms with Gasteiger partial charge in [0.2, 0.25) is 0 Å². The zero-order valence-electron chi connectivity index (χ0n) is 11.1. The van der Waals surface area contributed by atoms with Crippen molar-refractivity contribution in [3.8, 4) is 0 Å². The highest BCUT2D eigenvalue weighted by molar-refractivity contribution is 5.06. The molecule has 0 aromatic heterocycles. The van der Waals surface area contributed by atoms with Crippen LogP contribution in [0.3, 0.4) is 0 Å². The van der Waals surface area contributed by atoms with Crippen LogP contribution in [0.1, 0.15) is 51.9 Å². The van der Waals surface area contributed by atoms with Crippen molar-refractivity contribution < 1.29 is 5.11 Å². The van der Waals surface area contributed by atoms with Crippen molar-refractivity contribution in [2.24, 2.45) is 35.3 Å². The highest BCUT2D eigenvalue weighted by Crippen LogP contribution is 2.59. The molecule has 3 N–H and O–H groups in total. The largest absolute Gasteiger partial charge is 0.394 e. The van der Waals surface area contributed by atoms with E-state index in [-0.39, 0.29) is 12.1 Å². The van der Waals surface area contributed by atoms with Gasteiger partial charge in [-0.1, -0.05) is 13.3 Å². The molecule has 4 rings (SSSR count). The Balaban J connectivity index is 1.83. The summed E-state index contributed by atoms with van der Waals surface area (Å²) in [7, 11) is 0. The second-order valence-corrected chi connectivity index (χ2v) is 7.10. The Labute approximate surface area is 105 Å². The summed E-state index contributed by atoms with van der Waals surface area (Å²) >= 11 is 0. The van der Waals surface area contributed by atoms with Crippen LogP contribution in [-0.2, 0) is 0 Å². The van der Waals surface area contributed by atoms with Gasteiger partial charge in [0.05, 0.1) is 6.61 Å². The van der Waals surface area contributed by atoms with Gasteiger partial charge < -0.3 is 10.8 Å². The maximum absolute atomic E-state index is 9.78. The lowest BCUT2D eigenvalue weighted by Gasteiger charge is -2.59. The van der Waals surface area contributed by atoms with Crippen molar-refractivity contribution in [3.63, 3.8) is 0 Å². The van der Waals surface area contributed by atoms with Crippen LogP contribution < -0.4 is 5.73 Å². The van der Waals surface area contributed by atoms with E-state index in [4.69, 9.17) is 5.73 Å². The standard InChI is InChI=1S/C15H27NO/c1-2-3-15(16,9-17)14-12-5-10-4-11(7-12)8-13(14)6-10/h10-14,17H,2-9,16H2,1H3. The average molecular weight is 237 g/mol. The van der Waals surface area contributed by atoms with Gasteiger partial charge in [-0.15, -0.1) is 0 Å². The molecule has 4 fully saturated rings. The van der Waals surface area contributed by atoms with Gasteiger partial charge in [-0.25, -0.2) is 0 Å². The second-order valence-electron chi connectivity index (χ2n) is 7.10. The van der Waals surface area contributed by atoms with Crippen molar-refractivity contribution in [1.29, 1.82) is 0 Å². The lowest BCUT2D eigenvalue weighted by atomic mass is 9.48. The highest BCUT2D eigenvalue weighted by atomic mass is 16.3. The van der Waals surface area contributed by atoms with Gasteiger partial charge in [0.15, 0.2) is 0 Å². The molecule has 0 aromatic carbocycles. The number of nitrogens with two attached hydrogens (primary N) is 1. The normalized spacial score (nSPS) is 47.1. The molecule has 2 heteroatoms. The monoisotopic (exact) mass is 237 g/mol. The van der Waals surface area contributed by atoms with Crippen molar-refractivity contribution >= 4 is 0 Å². The van der Waals surface area contributed by atoms with Crippen LogP contribution in [0.5, 0.6) is 0 Å². The van der Waals surface area contributed by atoms with Crippen molar-refractivity contribution in [3.05, 3.63) is 0 Å². The minimum absolute atomic E-state index is 0.188. The highest BCUT2D eigenvalue weighted by Gasteiger charge is 2.53. The maximum atomic E-state index is 9.78. The summed E-state index contributed by atoms with van der Waals surface area (Å²) in [4.78, 5) is 0. The van der Waals surface area contributed by atoms with Crippen LogP contribution in [0.25, 0.3) is 0 Å². The second kappa shape index (κ2) is 4.24. The molecule has 4 bridgehead atoms. The molecule has 1 atom stereocenters. The van der Waals surface area contributed by atoms with E-state index < -0.39 is 0 Å². The Morgan fingerprint density at radius 2 is 1.59 bits per heavy atom. The summed E-state index contributed by atoms with van der Waals surface area (Å²) in [6.45, 7) is 2.38. The van der Waals surface area contributed by atoms with Gasteiger partial charge in [-0.05, 0) is 68.1 Å². The van der Waals surface area contributed by atoms with Crippen LogP contribution >= 0.6 is 0 Å². The number of hydrogen-bond acceptors (Lipinski definition) is 2. The molecule has 0 heterocycles. The minimum atomic E-state index is -0.280. The third kappa shape index (κ3) is 1.84. The molecule has 98 valence electrons. The molecule has 4 aliphatic carbocycles. The summed E-state index contributed by atoms with van der Waals surface area (Å²) in [5, 5.41) is 9.78. The van der Waals surface area contributed by atoms with E-state index in [1.54, 1.807) is 0 Å². The minimum Gasteiger partial charge on any atom is -0.394 e. The smallest absolute Gasteiger partial charge is 0.0614 e. The van der Waals surface area contributed by atoms with Crippen molar-refractivity contribution in [2.75, 3.05) is 6.61 Å². The molecule has 1 unspecified atom stereocenters. The fourth-order valence-electron chi connectivity index (χ4n) is 5.68. The molecule has 4 aliphatic rings. The quantitative estimate of drug-likeness (QED) is 0.789. The van der Waals surface area contributed by atoms with E-state index in [1.165, 1.54) is 32.1 Å². The topological polar surface area (TPSA) is 46.2 Å². The van der Waals surface area contributed by atoms with E-state index in [9.17, 15) is 5.11 Å². The molecule has 0 aliphatic heterocycles. The van der Waals surface area contributed by atoms with Crippen molar-refractivity contribution in [2.45, 2.75) is 57.4 Å². The summed E-state index contributed by atoms with van der Waals surface area (Å²) in [6, 6.07) is 0. The van der Waals surface area contributed by atoms with Crippen LogP contribution in [0, 0.1) is 29.6 Å². The lowest BCUT2D eigenvalue weighted by Crippen LogP contribution is -2.60.